The second-order valence-corrected chi connectivity index (χ2v) is 7.32. The van der Waals surface area contributed by atoms with Crippen molar-refractivity contribution in [1.82, 2.24) is 0 Å². The van der Waals surface area contributed by atoms with Gasteiger partial charge in [-0.2, -0.15) is 0 Å². The number of thioether (sulfide) groups is 1. The van der Waals surface area contributed by atoms with Crippen molar-refractivity contribution < 1.29 is 14.4 Å². The van der Waals surface area contributed by atoms with E-state index in [4.69, 9.17) is 21.2 Å². The van der Waals surface area contributed by atoms with E-state index in [2.05, 4.69) is 5.16 Å². The lowest BCUT2D eigenvalue weighted by Crippen LogP contribution is -2.15. The van der Waals surface area contributed by atoms with Crippen molar-refractivity contribution in [1.29, 1.82) is 0 Å². The Hall–Kier alpha value is -1.98. The van der Waals surface area contributed by atoms with Gasteiger partial charge in [-0.15, -0.1) is 11.8 Å². The van der Waals surface area contributed by atoms with Crippen molar-refractivity contribution in [2.24, 2.45) is 5.16 Å². The van der Waals surface area contributed by atoms with E-state index in [1.807, 2.05) is 31.4 Å². The number of halogens is 1. The number of benzene rings is 2. The van der Waals surface area contributed by atoms with Gasteiger partial charge in [0.25, 0.3) is 0 Å². The first-order valence-corrected chi connectivity index (χ1v) is 9.94. The molecular weight excluding hydrogens is 370 g/mol. The molecule has 0 N–H and O–H groups in total. The number of rotatable bonds is 4. The normalized spacial score (nSPS) is 14.8. The fourth-order valence-corrected chi connectivity index (χ4v) is 3.78. The third-order valence-electron chi connectivity index (χ3n) is 4.55. The molecule has 0 unspecified atom stereocenters. The molecule has 3 rings (SSSR count). The molecule has 0 spiro atoms. The van der Waals surface area contributed by atoms with Gasteiger partial charge in [-0.05, 0) is 73.9 Å². The monoisotopic (exact) mass is 389 g/mol. The van der Waals surface area contributed by atoms with Crippen LogP contribution in [-0.4, -0.2) is 25.0 Å². The number of carbonyl (C=O) groups is 1. The second-order valence-electron chi connectivity index (χ2n) is 6.03. The summed E-state index contributed by atoms with van der Waals surface area (Å²) in [5.41, 5.74) is 4.44. The van der Waals surface area contributed by atoms with E-state index < -0.39 is 5.97 Å². The van der Waals surface area contributed by atoms with E-state index in [1.165, 1.54) is 17.3 Å². The fourth-order valence-electron chi connectivity index (χ4n) is 3.14. The third-order valence-corrected chi connectivity index (χ3v) is 5.61. The summed E-state index contributed by atoms with van der Waals surface area (Å²) < 4.78 is 5.40. The first-order chi connectivity index (χ1) is 12.5. The maximum atomic E-state index is 12.4. The molecule has 1 aliphatic rings. The molecular formula is C20H20ClNO3S. The Morgan fingerprint density at radius 3 is 2.77 bits per heavy atom. The summed E-state index contributed by atoms with van der Waals surface area (Å²) in [6, 6.07) is 9.19. The zero-order chi connectivity index (χ0) is 18.7. The Labute approximate surface area is 162 Å². The van der Waals surface area contributed by atoms with Crippen LogP contribution in [0.3, 0.4) is 0 Å². The summed E-state index contributed by atoms with van der Waals surface area (Å²) in [6.07, 6.45) is 4.63. The second kappa shape index (κ2) is 8.14. The fraction of sp³-hybridized carbons (Fsp3) is 0.300. The molecule has 0 saturated carbocycles. The summed E-state index contributed by atoms with van der Waals surface area (Å²) in [5, 5.41) is 4.51. The zero-order valence-electron chi connectivity index (χ0n) is 15.0. The number of nitrogens with zero attached hydrogens (tertiary/aromatic N) is 1. The zero-order valence-corrected chi connectivity index (χ0v) is 16.5. The van der Waals surface area contributed by atoms with E-state index in [0.717, 1.165) is 46.7 Å². The van der Waals surface area contributed by atoms with Gasteiger partial charge in [-0.3, -0.25) is 0 Å². The highest BCUT2D eigenvalue weighted by molar-refractivity contribution is 7.98. The molecule has 0 atom stereocenters. The molecule has 0 saturated heterocycles. The molecule has 0 aromatic heterocycles. The van der Waals surface area contributed by atoms with Gasteiger partial charge in [0.1, 0.15) is 5.75 Å². The van der Waals surface area contributed by atoms with E-state index in [9.17, 15) is 4.79 Å². The van der Waals surface area contributed by atoms with Crippen LogP contribution in [0.2, 0.25) is 5.02 Å². The van der Waals surface area contributed by atoms with E-state index >= 15 is 0 Å². The minimum Gasteiger partial charge on any atom is -0.496 e. The number of hydrogen-bond acceptors (Lipinski definition) is 5. The number of methoxy groups -OCH3 is 1. The lowest BCUT2D eigenvalue weighted by Gasteiger charge is -2.21. The molecule has 1 aliphatic carbocycles. The van der Waals surface area contributed by atoms with E-state index in [0.29, 0.717) is 10.6 Å². The molecule has 136 valence electrons. The summed E-state index contributed by atoms with van der Waals surface area (Å²) in [6.45, 7) is 2.04. The van der Waals surface area contributed by atoms with E-state index in [1.54, 1.807) is 19.2 Å². The highest BCUT2D eigenvalue weighted by Crippen LogP contribution is 2.31. The molecule has 6 heteroatoms. The Morgan fingerprint density at radius 2 is 2.04 bits per heavy atom. The van der Waals surface area contributed by atoms with Crippen LogP contribution < -0.4 is 4.74 Å². The number of ether oxygens (including phenoxy) is 1. The molecule has 2 aromatic carbocycles. The Morgan fingerprint density at radius 1 is 1.23 bits per heavy atom. The van der Waals surface area contributed by atoms with Crippen molar-refractivity contribution in [2.75, 3.05) is 13.4 Å². The Bertz CT molecular complexity index is 880. The first kappa shape index (κ1) is 18.8. The van der Waals surface area contributed by atoms with Gasteiger partial charge in [-0.25, -0.2) is 4.79 Å². The summed E-state index contributed by atoms with van der Waals surface area (Å²) in [7, 11) is 1.67. The van der Waals surface area contributed by atoms with Crippen LogP contribution in [0.15, 0.2) is 40.4 Å². The highest BCUT2D eigenvalue weighted by Gasteiger charge is 2.21. The molecule has 0 heterocycles. The van der Waals surface area contributed by atoms with Crippen LogP contribution in [0.5, 0.6) is 5.75 Å². The van der Waals surface area contributed by atoms with Crippen molar-refractivity contribution in [2.45, 2.75) is 31.1 Å². The maximum absolute atomic E-state index is 12.4. The predicted molar refractivity (Wildman–Crippen MR) is 106 cm³/mol. The van der Waals surface area contributed by atoms with Crippen LogP contribution >= 0.6 is 23.4 Å². The molecule has 2 aromatic rings. The number of fused-ring (bicyclic) bond motifs is 1. The number of hydrogen-bond donors (Lipinski definition) is 0. The predicted octanol–water partition coefficient (Wildman–Crippen LogP) is 5.28. The Kier molecular flexibility index (Phi) is 5.89. The van der Waals surface area contributed by atoms with Gasteiger partial charge >= 0.3 is 5.97 Å². The van der Waals surface area contributed by atoms with Gasteiger partial charge in [0.2, 0.25) is 0 Å². The molecule has 0 radical (unpaired) electrons. The average molecular weight is 390 g/mol. The van der Waals surface area contributed by atoms with Crippen molar-refractivity contribution in [3.05, 3.63) is 57.6 Å². The first-order valence-electron chi connectivity index (χ1n) is 8.33. The summed E-state index contributed by atoms with van der Waals surface area (Å²) >= 11 is 7.67. The standard InChI is InChI=1S/C20H20ClNO3S/c1-12-14-5-4-6-18(15(14)8-10-19(12)24-2)22-25-20(23)16-11-13(26-3)7-9-17(16)21/h7-11H,4-6H2,1-3H3. The molecule has 0 bridgehead atoms. The third kappa shape index (κ3) is 3.74. The molecule has 4 nitrogen and oxygen atoms in total. The minimum absolute atomic E-state index is 0.324. The largest absolute Gasteiger partial charge is 0.496 e. The number of oxime groups is 1. The Balaban J connectivity index is 1.87. The van der Waals surface area contributed by atoms with Crippen molar-refractivity contribution in [3.8, 4) is 5.75 Å². The lowest BCUT2D eigenvalue weighted by molar-refractivity contribution is 0.0515. The quantitative estimate of drug-likeness (QED) is 0.405. The molecule has 0 amide bonds. The highest BCUT2D eigenvalue weighted by atomic mass is 35.5. The van der Waals surface area contributed by atoms with Gasteiger partial charge in [0.05, 0.1) is 23.4 Å². The van der Waals surface area contributed by atoms with Gasteiger partial charge in [0.15, 0.2) is 0 Å². The molecule has 0 fully saturated rings. The van der Waals surface area contributed by atoms with Crippen LogP contribution in [-0.2, 0) is 11.3 Å². The van der Waals surface area contributed by atoms with Crippen molar-refractivity contribution in [3.63, 3.8) is 0 Å². The smallest absolute Gasteiger partial charge is 0.367 e. The summed E-state index contributed by atoms with van der Waals surface area (Å²) in [5.74, 6) is 0.318. The van der Waals surface area contributed by atoms with E-state index in [-0.39, 0.29) is 0 Å². The van der Waals surface area contributed by atoms with Crippen LogP contribution in [0, 0.1) is 6.92 Å². The average Bonchev–Trinajstić information content (AvgIpc) is 2.67. The van der Waals surface area contributed by atoms with Crippen LogP contribution in [0.1, 0.15) is 39.9 Å². The lowest BCUT2D eigenvalue weighted by atomic mass is 9.87. The SMILES string of the molecule is COc1ccc2c(c1C)CCCC2=NOC(=O)c1cc(SC)ccc1Cl. The van der Waals surface area contributed by atoms with Crippen LogP contribution in [0.25, 0.3) is 0 Å². The van der Waals surface area contributed by atoms with Crippen LogP contribution in [0.4, 0.5) is 0 Å². The van der Waals surface area contributed by atoms with Gasteiger partial charge < -0.3 is 9.57 Å². The maximum Gasteiger partial charge on any atom is 0.367 e. The number of carbonyl (C=O) groups excluding carboxylic acids is 1. The van der Waals surface area contributed by atoms with Gasteiger partial charge in [0, 0.05) is 10.5 Å². The van der Waals surface area contributed by atoms with Crippen molar-refractivity contribution >= 4 is 35.0 Å². The molecule has 26 heavy (non-hydrogen) atoms. The molecule has 0 aliphatic heterocycles. The topological polar surface area (TPSA) is 47.9 Å². The minimum atomic E-state index is -0.546. The van der Waals surface area contributed by atoms with Gasteiger partial charge in [-0.1, -0.05) is 16.8 Å². The summed E-state index contributed by atoms with van der Waals surface area (Å²) in [4.78, 5) is 18.6.